The third-order valence-electron chi connectivity index (χ3n) is 3.03. The first-order valence-electron chi connectivity index (χ1n) is 5.26. The molecule has 2 fully saturated rings. The molecular weight excluding hydrogens is 190 g/mol. The zero-order chi connectivity index (χ0) is 10.1. The van der Waals surface area contributed by atoms with E-state index in [1.165, 1.54) is 16.9 Å². The molecule has 0 aromatic carbocycles. The van der Waals surface area contributed by atoms with Gasteiger partial charge in [0.1, 0.15) is 0 Å². The molecule has 2 heteroatoms. The third-order valence-corrected chi connectivity index (χ3v) is 4.24. The quantitative estimate of drug-likeness (QED) is 0.651. The Morgan fingerprint density at radius 3 is 2.93 bits per heavy atom. The van der Waals surface area contributed by atoms with Crippen molar-refractivity contribution >= 4 is 11.8 Å². The van der Waals surface area contributed by atoms with Gasteiger partial charge in [-0.05, 0) is 32.2 Å². The number of hydrogen-bond acceptors (Lipinski definition) is 2. The lowest BCUT2D eigenvalue weighted by molar-refractivity contribution is 0.225. The summed E-state index contributed by atoms with van der Waals surface area (Å²) >= 11 is 2.01. The molecule has 1 heterocycles. The SMILES string of the molecule is CC(C)[C@H]1CS[C]2[CH][CH][CH][C]2CN1C. The van der Waals surface area contributed by atoms with Crippen LogP contribution in [-0.4, -0.2) is 30.3 Å². The van der Waals surface area contributed by atoms with Gasteiger partial charge in [0.2, 0.25) is 0 Å². The topological polar surface area (TPSA) is 3.24 Å². The standard InChI is InChI=1S/C12H18NS/c1-9(2)11-8-14-12-6-4-5-10(12)7-13(11)3/h4-6,9,11H,7-8H2,1-3H3/t11-/m1/s1. The zero-order valence-corrected chi connectivity index (χ0v) is 9.97. The van der Waals surface area contributed by atoms with Gasteiger partial charge in [0.25, 0.3) is 0 Å². The predicted octanol–water partition coefficient (Wildman–Crippen LogP) is 2.42. The number of nitrogens with zero attached hydrogens (tertiary/aromatic N) is 1. The Kier molecular flexibility index (Phi) is 3.43. The molecule has 0 spiro atoms. The lowest BCUT2D eigenvalue weighted by Gasteiger charge is -2.29. The van der Waals surface area contributed by atoms with E-state index in [2.05, 4.69) is 45.1 Å². The molecule has 0 N–H and O–H groups in total. The van der Waals surface area contributed by atoms with Crippen molar-refractivity contribution in [3.63, 3.8) is 0 Å². The summed E-state index contributed by atoms with van der Waals surface area (Å²) in [5, 5.41) is 1.49. The highest BCUT2D eigenvalue weighted by atomic mass is 32.2. The average molecular weight is 208 g/mol. The van der Waals surface area contributed by atoms with Gasteiger partial charge in [-0.25, -0.2) is 0 Å². The van der Waals surface area contributed by atoms with Gasteiger partial charge >= 0.3 is 0 Å². The van der Waals surface area contributed by atoms with Crippen molar-refractivity contribution in [2.75, 3.05) is 19.3 Å². The highest BCUT2D eigenvalue weighted by Gasteiger charge is 2.36. The third kappa shape index (κ3) is 2.11. The van der Waals surface area contributed by atoms with Crippen LogP contribution in [0.3, 0.4) is 0 Å². The number of fused-ring (bicyclic) bond motifs is 1. The number of hydrogen-bond donors (Lipinski definition) is 0. The van der Waals surface area contributed by atoms with E-state index in [0.29, 0.717) is 6.04 Å². The fraction of sp³-hybridized carbons (Fsp3) is 0.583. The number of rotatable bonds is 1. The monoisotopic (exact) mass is 208 g/mol. The first kappa shape index (κ1) is 10.8. The minimum Gasteiger partial charge on any atom is -0.302 e. The molecule has 2 rings (SSSR count). The second-order valence-corrected chi connectivity index (χ2v) is 5.51. The molecule has 1 aliphatic carbocycles. The van der Waals surface area contributed by atoms with E-state index < -0.39 is 0 Å². The van der Waals surface area contributed by atoms with Crippen LogP contribution in [0.25, 0.3) is 0 Å². The first-order chi connectivity index (χ1) is 6.68. The Morgan fingerprint density at radius 1 is 1.43 bits per heavy atom. The Morgan fingerprint density at radius 2 is 2.21 bits per heavy atom. The smallest absolute Gasteiger partial charge is 0.0428 e. The van der Waals surface area contributed by atoms with Gasteiger partial charge < -0.3 is 4.90 Å². The van der Waals surface area contributed by atoms with Crippen LogP contribution in [0.15, 0.2) is 0 Å². The van der Waals surface area contributed by atoms with Gasteiger partial charge in [0.05, 0.1) is 0 Å². The molecule has 0 bridgehead atoms. The Bertz CT molecular complexity index is 193. The molecule has 5 radical (unpaired) electrons. The van der Waals surface area contributed by atoms with Crippen molar-refractivity contribution in [3.05, 3.63) is 30.4 Å². The molecule has 1 nitrogen and oxygen atoms in total. The van der Waals surface area contributed by atoms with Crippen molar-refractivity contribution in [1.29, 1.82) is 0 Å². The van der Waals surface area contributed by atoms with Crippen molar-refractivity contribution in [2.24, 2.45) is 5.92 Å². The van der Waals surface area contributed by atoms with Gasteiger partial charge in [0.15, 0.2) is 0 Å². The summed E-state index contributed by atoms with van der Waals surface area (Å²) in [6, 6.07) is 0.715. The summed E-state index contributed by atoms with van der Waals surface area (Å²) in [6.45, 7) is 5.74. The van der Waals surface area contributed by atoms with Gasteiger partial charge in [-0.3, -0.25) is 0 Å². The van der Waals surface area contributed by atoms with Crippen molar-refractivity contribution < 1.29 is 0 Å². The zero-order valence-electron chi connectivity index (χ0n) is 9.16. The normalized spacial score (nSPS) is 32.1. The van der Waals surface area contributed by atoms with Crippen LogP contribution in [0.4, 0.5) is 0 Å². The second kappa shape index (κ2) is 4.44. The maximum atomic E-state index is 2.49. The summed E-state index contributed by atoms with van der Waals surface area (Å²) in [6.07, 6.45) is 6.67. The predicted molar refractivity (Wildman–Crippen MR) is 63.1 cm³/mol. The van der Waals surface area contributed by atoms with Gasteiger partial charge in [-0.15, -0.1) is 0 Å². The van der Waals surface area contributed by atoms with E-state index in [9.17, 15) is 0 Å². The van der Waals surface area contributed by atoms with Gasteiger partial charge in [-0.2, -0.15) is 11.8 Å². The molecule has 0 amide bonds. The number of thioether (sulfide) groups is 1. The summed E-state index contributed by atoms with van der Waals surface area (Å²) < 4.78 is 0. The summed E-state index contributed by atoms with van der Waals surface area (Å²) in [5.74, 6) is 3.47. The molecule has 1 aliphatic heterocycles. The fourth-order valence-electron chi connectivity index (χ4n) is 2.10. The maximum absolute atomic E-state index is 2.49. The summed E-state index contributed by atoms with van der Waals surface area (Å²) in [5.41, 5.74) is 0. The van der Waals surface area contributed by atoms with Crippen molar-refractivity contribution in [1.82, 2.24) is 4.90 Å². The minimum atomic E-state index is 0.715. The van der Waals surface area contributed by atoms with Gasteiger partial charge in [0, 0.05) is 29.5 Å². The van der Waals surface area contributed by atoms with Crippen LogP contribution >= 0.6 is 11.8 Å². The Balaban J connectivity index is 2.01. The van der Waals surface area contributed by atoms with E-state index >= 15 is 0 Å². The van der Waals surface area contributed by atoms with Crippen LogP contribution in [0.1, 0.15) is 13.8 Å². The summed E-state index contributed by atoms with van der Waals surface area (Å²) in [4.78, 5) is 2.49. The second-order valence-electron chi connectivity index (χ2n) is 4.45. The highest BCUT2D eigenvalue weighted by Crippen LogP contribution is 2.44. The lowest BCUT2D eigenvalue weighted by atomic mass is 10.0. The molecule has 1 saturated carbocycles. The largest absolute Gasteiger partial charge is 0.302 e. The molecule has 0 aromatic heterocycles. The van der Waals surface area contributed by atoms with E-state index in [1.54, 1.807) is 0 Å². The molecule has 1 atom stereocenters. The van der Waals surface area contributed by atoms with Crippen molar-refractivity contribution in [3.8, 4) is 0 Å². The van der Waals surface area contributed by atoms with Crippen molar-refractivity contribution in [2.45, 2.75) is 19.9 Å². The van der Waals surface area contributed by atoms with E-state index in [4.69, 9.17) is 0 Å². The van der Waals surface area contributed by atoms with Gasteiger partial charge in [-0.1, -0.05) is 13.8 Å². The van der Waals surface area contributed by atoms with Crippen LogP contribution in [0.2, 0.25) is 0 Å². The van der Waals surface area contributed by atoms with E-state index in [-0.39, 0.29) is 0 Å². The molecular formula is C12H18NS. The van der Waals surface area contributed by atoms with Crippen LogP contribution in [0, 0.1) is 36.3 Å². The lowest BCUT2D eigenvalue weighted by Crippen LogP contribution is -2.38. The molecule has 0 aromatic rings. The Labute approximate surface area is 92.6 Å². The molecule has 0 unspecified atom stereocenters. The fourth-order valence-corrected chi connectivity index (χ4v) is 3.58. The molecule has 1 saturated heterocycles. The van der Waals surface area contributed by atoms with E-state index in [1.807, 2.05) is 11.8 Å². The maximum Gasteiger partial charge on any atom is 0.0428 e. The molecule has 77 valence electrons. The average Bonchev–Trinajstić information content (AvgIpc) is 2.47. The Hall–Kier alpha value is 0.310. The van der Waals surface area contributed by atoms with E-state index in [0.717, 1.165) is 12.5 Å². The van der Waals surface area contributed by atoms with Crippen LogP contribution < -0.4 is 0 Å². The molecule has 2 aliphatic rings. The van der Waals surface area contributed by atoms with Crippen LogP contribution in [0.5, 0.6) is 0 Å². The highest BCUT2D eigenvalue weighted by molar-refractivity contribution is 8.02. The first-order valence-corrected chi connectivity index (χ1v) is 6.24. The summed E-state index contributed by atoms with van der Waals surface area (Å²) in [7, 11) is 2.24. The van der Waals surface area contributed by atoms with Crippen LogP contribution in [-0.2, 0) is 0 Å². The molecule has 14 heavy (non-hydrogen) atoms. The minimum absolute atomic E-state index is 0.715.